The maximum Gasteiger partial charge on any atom is 0.222 e. The van der Waals surface area contributed by atoms with Gasteiger partial charge in [0, 0.05) is 60.3 Å². The number of carbonyl (C=O) groups is 1. The Morgan fingerprint density at radius 1 is 0.895 bits per heavy atom. The number of anilines is 1. The van der Waals surface area contributed by atoms with Crippen LogP contribution in [0.5, 0.6) is 5.75 Å². The molecule has 38 heavy (non-hydrogen) atoms. The average molecular weight is 548 g/mol. The van der Waals surface area contributed by atoms with E-state index in [1.54, 1.807) is 18.9 Å². The highest BCUT2D eigenvalue weighted by atomic mass is 35.5. The van der Waals surface area contributed by atoms with Crippen molar-refractivity contribution in [3.8, 4) is 22.8 Å². The highest BCUT2D eigenvalue weighted by Crippen LogP contribution is 2.29. The third-order valence-electron chi connectivity index (χ3n) is 6.59. The Morgan fingerprint density at radius 3 is 2.29 bits per heavy atom. The van der Waals surface area contributed by atoms with Crippen molar-refractivity contribution in [1.82, 2.24) is 19.7 Å². The number of benzene rings is 3. The molecule has 0 N–H and O–H groups in total. The Labute approximate surface area is 232 Å². The lowest BCUT2D eigenvalue weighted by atomic mass is 10.2. The number of aromatic nitrogens is 3. The van der Waals surface area contributed by atoms with Crippen molar-refractivity contribution >= 4 is 35.0 Å². The summed E-state index contributed by atoms with van der Waals surface area (Å²) in [7, 11) is 1.67. The molecule has 0 aliphatic carbocycles. The maximum atomic E-state index is 12.9. The third kappa shape index (κ3) is 6.14. The second-order valence-electron chi connectivity index (χ2n) is 9.00. The number of nitrogens with zero attached hydrogens (tertiary/aromatic N) is 5. The van der Waals surface area contributed by atoms with Gasteiger partial charge in [-0.3, -0.25) is 9.36 Å². The van der Waals surface area contributed by atoms with Gasteiger partial charge < -0.3 is 14.5 Å². The zero-order chi connectivity index (χ0) is 26.3. The molecule has 1 aliphatic heterocycles. The molecule has 2 heterocycles. The number of carbonyl (C=O) groups excluding carboxylic acids is 1. The fraction of sp³-hybridized carbons (Fsp3) is 0.276. The largest absolute Gasteiger partial charge is 0.497 e. The highest BCUT2D eigenvalue weighted by molar-refractivity contribution is 7.99. The van der Waals surface area contributed by atoms with Crippen LogP contribution in [0, 0.1) is 0 Å². The van der Waals surface area contributed by atoms with Crippen molar-refractivity contribution in [3.05, 3.63) is 83.9 Å². The number of amides is 1. The smallest absolute Gasteiger partial charge is 0.222 e. The van der Waals surface area contributed by atoms with E-state index in [4.69, 9.17) is 16.3 Å². The lowest BCUT2D eigenvalue weighted by Crippen LogP contribution is -2.48. The highest BCUT2D eigenvalue weighted by Gasteiger charge is 2.21. The van der Waals surface area contributed by atoms with Crippen molar-refractivity contribution in [1.29, 1.82) is 0 Å². The van der Waals surface area contributed by atoms with Crippen molar-refractivity contribution < 1.29 is 9.53 Å². The van der Waals surface area contributed by atoms with E-state index < -0.39 is 0 Å². The van der Waals surface area contributed by atoms with E-state index in [1.807, 2.05) is 71.6 Å². The van der Waals surface area contributed by atoms with Gasteiger partial charge in [-0.2, -0.15) is 0 Å². The number of piperazine rings is 1. The minimum Gasteiger partial charge on any atom is -0.497 e. The summed E-state index contributed by atoms with van der Waals surface area (Å²) in [4.78, 5) is 17.2. The van der Waals surface area contributed by atoms with E-state index in [2.05, 4.69) is 31.8 Å². The second kappa shape index (κ2) is 12.4. The first-order valence-electron chi connectivity index (χ1n) is 12.7. The quantitative estimate of drug-likeness (QED) is 0.194. The first kappa shape index (κ1) is 26.1. The van der Waals surface area contributed by atoms with Gasteiger partial charge in [0.25, 0.3) is 0 Å². The predicted molar refractivity (Wildman–Crippen MR) is 154 cm³/mol. The summed E-state index contributed by atoms with van der Waals surface area (Å²) in [5.41, 5.74) is 3.10. The van der Waals surface area contributed by atoms with E-state index in [0.29, 0.717) is 11.4 Å². The lowest BCUT2D eigenvalue weighted by molar-refractivity contribution is -0.131. The Hall–Kier alpha value is -3.49. The zero-order valence-corrected chi connectivity index (χ0v) is 22.9. The summed E-state index contributed by atoms with van der Waals surface area (Å²) in [5.74, 6) is 2.61. The van der Waals surface area contributed by atoms with Crippen molar-refractivity contribution in [2.24, 2.45) is 0 Å². The third-order valence-corrected chi connectivity index (χ3v) is 7.85. The molecule has 4 aromatic rings. The summed E-state index contributed by atoms with van der Waals surface area (Å²) >= 11 is 7.71. The van der Waals surface area contributed by atoms with Gasteiger partial charge in [-0.25, -0.2) is 0 Å². The molecule has 1 saturated heterocycles. The average Bonchev–Trinajstić information content (AvgIpc) is 3.40. The molecule has 7 nitrogen and oxygen atoms in total. The molecular formula is C29H30ClN5O2S. The Bertz CT molecular complexity index is 1340. The van der Waals surface area contributed by atoms with Gasteiger partial charge in [0.2, 0.25) is 5.91 Å². The van der Waals surface area contributed by atoms with Gasteiger partial charge in [-0.15, -0.1) is 10.2 Å². The molecule has 1 fully saturated rings. The number of hydrogen-bond donors (Lipinski definition) is 0. The zero-order valence-electron chi connectivity index (χ0n) is 21.3. The van der Waals surface area contributed by atoms with Crippen LogP contribution in [-0.4, -0.2) is 64.6 Å². The van der Waals surface area contributed by atoms with E-state index in [9.17, 15) is 4.79 Å². The predicted octanol–water partition coefficient (Wildman–Crippen LogP) is 5.82. The van der Waals surface area contributed by atoms with Gasteiger partial charge in [0.05, 0.1) is 7.11 Å². The summed E-state index contributed by atoms with van der Waals surface area (Å²) in [5, 5.41) is 10.5. The normalized spacial score (nSPS) is 13.5. The SMILES string of the molecule is COc1ccc(N2CCN(C(=O)CCCSc3nnc(-c4ccc(Cl)cc4)n3-c3ccccc3)CC2)cc1. The number of halogens is 1. The number of ether oxygens (including phenoxy) is 1. The molecular weight excluding hydrogens is 518 g/mol. The van der Waals surface area contributed by atoms with Crippen LogP contribution in [0.15, 0.2) is 84.0 Å². The summed E-state index contributed by atoms with van der Waals surface area (Å²) < 4.78 is 7.31. The second-order valence-corrected chi connectivity index (χ2v) is 10.5. The molecule has 0 bridgehead atoms. The molecule has 9 heteroatoms. The van der Waals surface area contributed by atoms with Crippen LogP contribution in [0.2, 0.25) is 5.02 Å². The van der Waals surface area contributed by atoms with Gasteiger partial charge in [-0.05, 0) is 67.1 Å². The van der Waals surface area contributed by atoms with Gasteiger partial charge in [-0.1, -0.05) is 41.6 Å². The van der Waals surface area contributed by atoms with Crippen LogP contribution in [0.25, 0.3) is 17.1 Å². The number of thioether (sulfide) groups is 1. The van der Waals surface area contributed by atoms with Gasteiger partial charge >= 0.3 is 0 Å². The number of methoxy groups -OCH3 is 1. The number of para-hydroxylation sites is 1. The van der Waals surface area contributed by atoms with Crippen molar-refractivity contribution in [2.45, 2.75) is 18.0 Å². The number of hydrogen-bond acceptors (Lipinski definition) is 6. The topological polar surface area (TPSA) is 63.5 Å². The molecule has 0 spiro atoms. The molecule has 0 atom stereocenters. The Morgan fingerprint density at radius 2 is 1.61 bits per heavy atom. The van der Waals surface area contributed by atoms with Crippen LogP contribution >= 0.6 is 23.4 Å². The van der Waals surface area contributed by atoms with E-state index >= 15 is 0 Å². The molecule has 196 valence electrons. The van der Waals surface area contributed by atoms with E-state index in [0.717, 1.165) is 72.0 Å². The Kier molecular flexibility index (Phi) is 8.51. The molecule has 5 rings (SSSR count). The molecule has 1 aliphatic rings. The first-order chi connectivity index (χ1) is 18.6. The van der Waals surface area contributed by atoms with Gasteiger partial charge in [0.15, 0.2) is 11.0 Å². The summed E-state index contributed by atoms with van der Waals surface area (Å²) in [6, 6.07) is 25.8. The van der Waals surface area contributed by atoms with E-state index in [-0.39, 0.29) is 5.91 Å². The molecule has 3 aromatic carbocycles. The van der Waals surface area contributed by atoms with Crippen molar-refractivity contribution in [3.63, 3.8) is 0 Å². The van der Waals surface area contributed by atoms with Crippen LogP contribution in [0.4, 0.5) is 5.69 Å². The fourth-order valence-corrected chi connectivity index (χ4v) is 5.53. The van der Waals surface area contributed by atoms with Gasteiger partial charge in [0.1, 0.15) is 5.75 Å². The van der Waals surface area contributed by atoms with Crippen LogP contribution in [-0.2, 0) is 4.79 Å². The summed E-state index contributed by atoms with van der Waals surface area (Å²) in [6.45, 7) is 3.15. The van der Waals surface area contributed by atoms with Crippen LogP contribution in [0.1, 0.15) is 12.8 Å². The monoisotopic (exact) mass is 547 g/mol. The Balaban J connectivity index is 1.15. The molecule has 1 aromatic heterocycles. The molecule has 0 radical (unpaired) electrons. The van der Waals surface area contributed by atoms with E-state index in [1.165, 1.54) is 0 Å². The standard InChI is InChI=1S/C29H30ClN5O2S/c1-37-26-15-13-24(14-16-26)33-17-19-34(20-18-33)27(36)8-5-21-38-29-32-31-28(22-9-11-23(30)12-10-22)35(29)25-6-3-2-4-7-25/h2-4,6-7,9-16H,5,8,17-21H2,1H3. The molecule has 0 unspecified atom stereocenters. The maximum absolute atomic E-state index is 12.9. The molecule has 0 saturated carbocycles. The first-order valence-corrected chi connectivity index (χ1v) is 14.0. The molecule has 1 amide bonds. The minimum atomic E-state index is 0.214. The fourth-order valence-electron chi connectivity index (χ4n) is 4.51. The number of rotatable bonds is 9. The van der Waals surface area contributed by atoms with Crippen LogP contribution < -0.4 is 9.64 Å². The summed E-state index contributed by atoms with van der Waals surface area (Å²) in [6.07, 6.45) is 1.30. The minimum absolute atomic E-state index is 0.214. The van der Waals surface area contributed by atoms with Crippen LogP contribution in [0.3, 0.4) is 0 Å². The lowest BCUT2D eigenvalue weighted by Gasteiger charge is -2.36. The van der Waals surface area contributed by atoms with Crippen molar-refractivity contribution in [2.75, 3.05) is 43.9 Å².